The smallest absolute Gasteiger partial charge is 0.278 e. The minimum absolute atomic E-state index is 0.0626. The Morgan fingerprint density at radius 2 is 2.04 bits per heavy atom. The Bertz CT molecular complexity index is 880. The van der Waals surface area contributed by atoms with Gasteiger partial charge in [-0.15, -0.1) is 0 Å². The number of aromatic nitrogens is 3. The largest absolute Gasteiger partial charge is 0.431 e. The number of amides is 1. The lowest BCUT2D eigenvalue weighted by Gasteiger charge is -2.15. The number of carbonyl (C=O) groups is 1. The van der Waals surface area contributed by atoms with Crippen LogP contribution in [0.2, 0.25) is 0 Å². The molecule has 0 saturated carbocycles. The van der Waals surface area contributed by atoms with Crippen molar-refractivity contribution < 1.29 is 9.53 Å². The van der Waals surface area contributed by atoms with Crippen LogP contribution in [0, 0.1) is 0 Å². The summed E-state index contributed by atoms with van der Waals surface area (Å²) in [7, 11) is 0. The van der Waals surface area contributed by atoms with E-state index in [4.69, 9.17) is 10.5 Å². The Balaban J connectivity index is 1.47. The molecule has 3 heterocycles. The van der Waals surface area contributed by atoms with Gasteiger partial charge >= 0.3 is 0 Å². The summed E-state index contributed by atoms with van der Waals surface area (Å²) in [4.78, 5) is 26.6. The van der Waals surface area contributed by atoms with Gasteiger partial charge in [-0.3, -0.25) is 4.79 Å². The summed E-state index contributed by atoms with van der Waals surface area (Å²) in [6, 6.07) is 7.01. The molecule has 3 aromatic rings. The van der Waals surface area contributed by atoms with Gasteiger partial charge in [-0.1, -0.05) is 11.3 Å². The summed E-state index contributed by atoms with van der Waals surface area (Å²) in [5.41, 5.74) is 7.92. The van der Waals surface area contributed by atoms with Gasteiger partial charge in [0, 0.05) is 35.4 Å². The van der Waals surface area contributed by atoms with E-state index in [9.17, 15) is 4.79 Å². The number of ether oxygens (including phenoxy) is 1. The molecule has 0 bridgehead atoms. The highest BCUT2D eigenvalue weighted by atomic mass is 32.1. The van der Waals surface area contributed by atoms with Crippen LogP contribution in [0.4, 0.5) is 5.95 Å². The molecule has 24 heavy (non-hydrogen) atoms. The van der Waals surface area contributed by atoms with Crippen molar-refractivity contribution in [3.63, 3.8) is 0 Å². The standard InChI is InChI=1S/C16H13N5O2S/c17-15-19-7-11-8-21(9-13(11)20-15)14(22)10-1-3-12(4-2-10)23-16-18-5-6-24-16/h1-7H,8-9H2,(H2,17,19,20). The molecule has 0 unspecified atom stereocenters. The third kappa shape index (κ3) is 2.79. The third-order valence-electron chi connectivity index (χ3n) is 3.68. The maximum Gasteiger partial charge on any atom is 0.278 e. The van der Waals surface area contributed by atoms with Crippen molar-refractivity contribution in [2.24, 2.45) is 0 Å². The van der Waals surface area contributed by atoms with Crippen molar-refractivity contribution in [2.45, 2.75) is 13.1 Å². The maximum absolute atomic E-state index is 12.6. The predicted octanol–water partition coefficient (Wildman–Crippen LogP) is 2.46. The van der Waals surface area contributed by atoms with E-state index in [1.54, 1.807) is 41.6 Å². The highest BCUT2D eigenvalue weighted by molar-refractivity contribution is 7.11. The molecule has 0 atom stereocenters. The van der Waals surface area contributed by atoms with Crippen molar-refractivity contribution in [2.75, 3.05) is 5.73 Å². The molecule has 4 rings (SSSR count). The quantitative estimate of drug-likeness (QED) is 0.788. The molecule has 7 nitrogen and oxygen atoms in total. The van der Waals surface area contributed by atoms with E-state index in [0.717, 1.165) is 11.3 Å². The molecular weight excluding hydrogens is 326 g/mol. The molecule has 0 radical (unpaired) electrons. The fourth-order valence-corrected chi connectivity index (χ4v) is 3.03. The monoisotopic (exact) mass is 339 g/mol. The van der Waals surface area contributed by atoms with Gasteiger partial charge < -0.3 is 15.4 Å². The van der Waals surface area contributed by atoms with Crippen LogP contribution in [0.25, 0.3) is 0 Å². The van der Waals surface area contributed by atoms with Gasteiger partial charge in [-0.25, -0.2) is 15.0 Å². The topological polar surface area (TPSA) is 94.2 Å². The van der Waals surface area contributed by atoms with Crippen LogP contribution >= 0.6 is 11.3 Å². The number of anilines is 1. The Morgan fingerprint density at radius 3 is 2.79 bits per heavy atom. The second kappa shape index (κ2) is 5.89. The summed E-state index contributed by atoms with van der Waals surface area (Å²) in [6.45, 7) is 0.935. The molecule has 2 aromatic heterocycles. The number of benzene rings is 1. The van der Waals surface area contributed by atoms with Gasteiger partial charge in [-0.05, 0) is 24.3 Å². The number of hydrogen-bond acceptors (Lipinski definition) is 7. The average Bonchev–Trinajstić information content (AvgIpc) is 3.24. The van der Waals surface area contributed by atoms with Crippen LogP contribution in [0.15, 0.2) is 42.0 Å². The van der Waals surface area contributed by atoms with E-state index in [1.165, 1.54) is 11.3 Å². The molecule has 0 fully saturated rings. The molecule has 1 amide bonds. The number of nitrogens with zero attached hydrogens (tertiary/aromatic N) is 4. The van der Waals surface area contributed by atoms with E-state index in [-0.39, 0.29) is 11.9 Å². The van der Waals surface area contributed by atoms with E-state index in [2.05, 4.69) is 15.0 Å². The summed E-state index contributed by atoms with van der Waals surface area (Å²) >= 11 is 1.41. The van der Waals surface area contributed by atoms with E-state index in [0.29, 0.717) is 29.6 Å². The molecule has 0 saturated heterocycles. The molecule has 8 heteroatoms. The first kappa shape index (κ1) is 14.6. The van der Waals surface area contributed by atoms with Gasteiger partial charge in [0.1, 0.15) is 5.75 Å². The Morgan fingerprint density at radius 1 is 1.21 bits per heavy atom. The van der Waals surface area contributed by atoms with Crippen molar-refractivity contribution >= 4 is 23.2 Å². The highest BCUT2D eigenvalue weighted by Crippen LogP contribution is 2.26. The second-order valence-electron chi connectivity index (χ2n) is 5.29. The van der Waals surface area contributed by atoms with E-state index in [1.807, 2.05) is 5.38 Å². The molecule has 2 N–H and O–H groups in total. The van der Waals surface area contributed by atoms with Crippen molar-refractivity contribution in [1.29, 1.82) is 0 Å². The predicted molar refractivity (Wildman–Crippen MR) is 88.7 cm³/mol. The average molecular weight is 339 g/mol. The fourth-order valence-electron chi connectivity index (χ4n) is 2.52. The molecule has 1 aliphatic rings. The van der Waals surface area contributed by atoms with E-state index < -0.39 is 0 Å². The van der Waals surface area contributed by atoms with Crippen LogP contribution < -0.4 is 10.5 Å². The summed E-state index contributed by atoms with van der Waals surface area (Å²) in [5.74, 6) is 0.809. The molecular formula is C16H13N5O2S. The van der Waals surface area contributed by atoms with Crippen LogP contribution in [0.5, 0.6) is 10.9 Å². The minimum Gasteiger partial charge on any atom is -0.431 e. The number of nitrogens with two attached hydrogens (primary N) is 1. The zero-order valence-electron chi connectivity index (χ0n) is 12.5. The molecule has 0 spiro atoms. The first-order chi connectivity index (χ1) is 11.7. The van der Waals surface area contributed by atoms with E-state index >= 15 is 0 Å². The number of hydrogen-bond donors (Lipinski definition) is 1. The first-order valence-electron chi connectivity index (χ1n) is 7.26. The second-order valence-corrected chi connectivity index (χ2v) is 6.14. The Hall–Kier alpha value is -3.00. The van der Waals surface area contributed by atoms with Crippen molar-refractivity contribution in [3.05, 3.63) is 58.9 Å². The van der Waals surface area contributed by atoms with Gasteiger partial charge in [0.2, 0.25) is 5.95 Å². The normalized spacial score (nSPS) is 12.9. The number of nitrogen functional groups attached to an aromatic ring is 1. The number of fused-ring (bicyclic) bond motifs is 1. The lowest BCUT2D eigenvalue weighted by molar-refractivity contribution is 0.0750. The number of carbonyl (C=O) groups excluding carboxylic acids is 1. The van der Waals surface area contributed by atoms with Crippen LogP contribution in [0.3, 0.4) is 0 Å². The van der Waals surface area contributed by atoms with Crippen molar-refractivity contribution in [1.82, 2.24) is 19.9 Å². The lowest BCUT2D eigenvalue weighted by Crippen LogP contribution is -2.25. The number of thiazole rings is 1. The minimum atomic E-state index is -0.0626. The van der Waals surface area contributed by atoms with Crippen LogP contribution in [-0.4, -0.2) is 25.8 Å². The van der Waals surface area contributed by atoms with Gasteiger partial charge in [-0.2, -0.15) is 0 Å². The zero-order valence-corrected chi connectivity index (χ0v) is 13.4. The SMILES string of the molecule is Nc1ncc2c(n1)CN(C(=O)c1ccc(Oc3nccs3)cc1)C2. The maximum atomic E-state index is 12.6. The zero-order chi connectivity index (χ0) is 16.5. The summed E-state index contributed by atoms with van der Waals surface area (Å²) < 4.78 is 5.59. The summed E-state index contributed by atoms with van der Waals surface area (Å²) in [5, 5.41) is 2.41. The molecule has 120 valence electrons. The third-order valence-corrected chi connectivity index (χ3v) is 4.33. The van der Waals surface area contributed by atoms with Gasteiger partial charge in [0.25, 0.3) is 11.1 Å². The number of rotatable bonds is 3. The Labute approximate surface area is 141 Å². The highest BCUT2D eigenvalue weighted by Gasteiger charge is 2.25. The van der Waals surface area contributed by atoms with Crippen LogP contribution in [0.1, 0.15) is 21.6 Å². The Kier molecular flexibility index (Phi) is 3.58. The molecule has 1 aliphatic heterocycles. The summed E-state index contributed by atoms with van der Waals surface area (Å²) in [6.07, 6.45) is 3.36. The van der Waals surface area contributed by atoms with Gasteiger partial charge in [0.05, 0.1) is 12.2 Å². The van der Waals surface area contributed by atoms with Gasteiger partial charge in [0.15, 0.2) is 0 Å². The van der Waals surface area contributed by atoms with Crippen LogP contribution in [-0.2, 0) is 13.1 Å². The molecule has 1 aromatic carbocycles. The first-order valence-corrected chi connectivity index (χ1v) is 8.14. The lowest BCUT2D eigenvalue weighted by atomic mass is 10.2. The van der Waals surface area contributed by atoms with Crippen molar-refractivity contribution in [3.8, 4) is 10.9 Å². The fraction of sp³-hybridized carbons (Fsp3) is 0.125. The molecule has 0 aliphatic carbocycles.